The Kier molecular flexibility index (Phi) is 3.53. The minimum atomic E-state index is 0.349. The van der Waals surface area contributed by atoms with Gasteiger partial charge in [0.2, 0.25) is 0 Å². The van der Waals surface area contributed by atoms with Gasteiger partial charge in [0.1, 0.15) is 5.75 Å². The molecule has 0 radical (unpaired) electrons. The summed E-state index contributed by atoms with van der Waals surface area (Å²) in [5, 5.41) is 0. The van der Waals surface area contributed by atoms with Gasteiger partial charge in [-0.25, -0.2) is 9.97 Å². The topological polar surface area (TPSA) is 35.0 Å². The largest absolute Gasteiger partial charge is 0.423 e. The Labute approximate surface area is 109 Å². The number of rotatable bonds is 2. The maximum absolute atomic E-state index is 5.49. The van der Waals surface area contributed by atoms with Gasteiger partial charge in [0.05, 0.1) is 4.47 Å². The highest BCUT2D eigenvalue weighted by atomic mass is 127. The van der Waals surface area contributed by atoms with Gasteiger partial charge in [-0.2, -0.15) is 0 Å². The summed E-state index contributed by atoms with van der Waals surface area (Å²) in [6.45, 7) is 0. The summed E-state index contributed by atoms with van der Waals surface area (Å²) < 4.78 is 7.35. The van der Waals surface area contributed by atoms with Crippen LogP contribution in [0.2, 0.25) is 0 Å². The summed E-state index contributed by atoms with van der Waals surface area (Å²) >= 11 is 5.53. The van der Waals surface area contributed by atoms with Crippen molar-refractivity contribution in [3.05, 3.63) is 44.7 Å². The minimum Gasteiger partial charge on any atom is -0.423 e. The quantitative estimate of drug-likeness (QED) is 0.750. The molecule has 0 N–H and O–H groups in total. The van der Waals surface area contributed by atoms with Gasteiger partial charge in [-0.3, -0.25) is 0 Å². The Morgan fingerprint density at radius 2 is 1.80 bits per heavy atom. The highest BCUT2D eigenvalue weighted by molar-refractivity contribution is 14.1. The number of benzene rings is 1. The van der Waals surface area contributed by atoms with Crippen molar-refractivity contribution in [1.82, 2.24) is 9.97 Å². The molecule has 0 bridgehead atoms. The first-order valence-corrected chi connectivity index (χ1v) is 6.03. The molecule has 0 aliphatic rings. The van der Waals surface area contributed by atoms with Crippen LogP contribution in [0.4, 0.5) is 0 Å². The Hall–Kier alpha value is -0.690. The van der Waals surface area contributed by atoms with Crippen molar-refractivity contribution in [3.8, 4) is 11.8 Å². The smallest absolute Gasteiger partial charge is 0.321 e. The normalized spacial score (nSPS) is 10.0. The molecule has 0 aliphatic heterocycles. The number of ether oxygens (including phenoxy) is 1. The van der Waals surface area contributed by atoms with Crippen LogP contribution in [0.1, 0.15) is 0 Å². The fourth-order valence-corrected chi connectivity index (χ4v) is 1.62. The van der Waals surface area contributed by atoms with Crippen LogP contribution in [0.5, 0.6) is 11.8 Å². The van der Waals surface area contributed by atoms with Gasteiger partial charge in [0.15, 0.2) is 0 Å². The standard InChI is InChI=1S/C10H6BrIN2O/c11-8-3-1-2-4-9(8)15-10-13-5-7(12)6-14-10/h1-6H. The first-order valence-electron chi connectivity index (χ1n) is 4.15. The number of para-hydroxylation sites is 1. The van der Waals surface area contributed by atoms with E-state index in [0.29, 0.717) is 11.8 Å². The highest BCUT2D eigenvalue weighted by Crippen LogP contribution is 2.27. The summed E-state index contributed by atoms with van der Waals surface area (Å²) in [4.78, 5) is 8.11. The van der Waals surface area contributed by atoms with Gasteiger partial charge in [-0.1, -0.05) is 12.1 Å². The molecule has 2 rings (SSSR count). The lowest BCUT2D eigenvalue weighted by molar-refractivity contribution is 0.439. The molecular weight excluding hydrogens is 371 g/mol. The zero-order chi connectivity index (χ0) is 10.7. The molecule has 76 valence electrons. The number of nitrogens with zero attached hydrogens (tertiary/aromatic N) is 2. The third-order valence-corrected chi connectivity index (χ3v) is 2.85. The predicted octanol–water partition coefficient (Wildman–Crippen LogP) is 3.64. The second-order valence-electron chi connectivity index (χ2n) is 2.72. The Balaban J connectivity index is 2.22. The van der Waals surface area contributed by atoms with E-state index in [1.807, 2.05) is 24.3 Å². The van der Waals surface area contributed by atoms with Crippen molar-refractivity contribution >= 4 is 38.5 Å². The molecule has 1 heterocycles. The molecular formula is C10H6BrIN2O. The zero-order valence-corrected chi connectivity index (χ0v) is 11.3. The summed E-state index contributed by atoms with van der Waals surface area (Å²) in [6.07, 6.45) is 3.42. The number of halogens is 2. The van der Waals surface area contributed by atoms with Gasteiger partial charge in [-0.05, 0) is 50.7 Å². The van der Waals surface area contributed by atoms with E-state index in [1.54, 1.807) is 12.4 Å². The van der Waals surface area contributed by atoms with Crippen LogP contribution in [-0.4, -0.2) is 9.97 Å². The predicted molar refractivity (Wildman–Crippen MR) is 69.0 cm³/mol. The minimum absolute atomic E-state index is 0.349. The van der Waals surface area contributed by atoms with Crippen LogP contribution in [-0.2, 0) is 0 Å². The van der Waals surface area contributed by atoms with Crippen molar-refractivity contribution < 1.29 is 4.74 Å². The monoisotopic (exact) mass is 376 g/mol. The molecule has 3 nitrogen and oxygen atoms in total. The van der Waals surface area contributed by atoms with Gasteiger partial charge in [0, 0.05) is 16.0 Å². The molecule has 0 saturated carbocycles. The lowest BCUT2D eigenvalue weighted by Crippen LogP contribution is -1.92. The second-order valence-corrected chi connectivity index (χ2v) is 4.82. The lowest BCUT2D eigenvalue weighted by atomic mass is 10.3. The van der Waals surface area contributed by atoms with E-state index in [2.05, 4.69) is 48.5 Å². The SMILES string of the molecule is Brc1ccccc1Oc1ncc(I)cn1. The summed E-state index contributed by atoms with van der Waals surface area (Å²) in [6, 6.07) is 7.92. The molecule has 0 saturated heterocycles. The van der Waals surface area contributed by atoms with Crippen molar-refractivity contribution in [2.75, 3.05) is 0 Å². The molecule has 15 heavy (non-hydrogen) atoms. The van der Waals surface area contributed by atoms with Crippen LogP contribution >= 0.6 is 38.5 Å². The summed E-state index contributed by atoms with van der Waals surface area (Å²) in [7, 11) is 0. The van der Waals surface area contributed by atoms with E-state index in [0.717, 1.165) is 8.04 Å². The van der Waals surface area contributed by atoms with Crippen LogP contribution in [0.15, 0.2) is 41.1 Å². The third-order valence-electron chi connectivity index (χ3n) is 1.63. The van der Waals surface area contributed by atoms with Gasteiger partial charge < -0.3 is 4.74 Å². The van der Waals surface area contributed by atoms with Gasteiger partial charge in [-0.15, -0.1) is 0 Å². The molecule has 0 atom stereocenters. The molecule has 0 amide bonds. The average Bonchev–Trinajstić information content (AvgIpc) is 2.25. The maximum atomic E-state index is 5.49. The van der Waals surface area contributed by atoms with Crippen LogP contribution < -0.4 is 4.74 Å². The number of aromatic nitrogens is 2. The van der Waals surface area contributed by atoms with Crippen molar-refractivity contribution in [1.29, 1.82) is 0 Å². The lowest BCUT2D eigenvalue weighted by Gasteiger charge is -2.04. The summed E-state index contributed by atoms with van der Waals surface area (Å²) in [5.41, 5.74) is 0. The van der Waals surface area contributed by atoms with Crippen LogP contribution in [0, 0.1) is 3.57 Å². The van der Waals surface area contributed by atoms with E-state index in [4.69, 9.17) is 4.74 Å². The Morgan fingerprint density at radius 1 is 1.13 bits per heavy atom. The highest BCUT2D eigenvalue weighted by Gasteiger charge is 2.03. The van der Waals surface area contributed by atoms with Crippen LogP contribution in [0.3, 0.4) is 0 Å². The van der Waals surface area contributed by atoms with Gasteiger partial charge >= 0.3 is 6.01 Å². The second kappa shape index (κ2) is 4.89. The van der Waals surface area contributed by atoms with Gasteiger partial charge in [0.25, 0.3) is 0 Å². The third kappa shape index (κ3) is 2.88. The fourth-order valence-electron chi connectivity index (χ4n) is 0.979. The molecule has 0 spiro atoms. The number of hydrogen-bond donors (Lipinski definition) is 0. The van der Waals surface area contributed by atoms with E-state index < -0.39 is 0 Å². The molecule has 5 heteroatoms. The first kappa shape index (κ1) is 10.8. The number of hydrogen-bond acceptors (Lipinski definition) is 3. The molecule has 0 aliphatic carbocycles. The molecule has 2 aromatic rings. The summed E-state index contributed by atoms with van der Waals surface area (Å²) in [5.74, 6) is 0.707. The maximum Gasteiger partial charge on any atom is 0.321 e. The molecule has 1 aromatic carbocycles. The van der Waals surface area contributed by atoms with Crippen molar-refractivity contribution in [2.45, 2.75) is 0 Å². The molecule has 0 unspecified atom stereocenters. The van der Waals surface area contributed by atoms with Crippen LogP contribution in [0.25, 0.3) is 0 Å². The van der Waals surface area contributed by atoms with Crippen molar-refractivity contribution in [2.24, 2.45) is 0 Å². The van der Waals surface area contributed by atoms with E-state index in [9.17, 15) is 0 Å². The molecule has 0 fully saturated rings. The van der Waals surface area contributed by atoms with E-state index in [1.165, 1.54) is 0 Å². The zero-order valence-electron chi connectivity index (χ0n) is 7.52. The Morgan fingerprint density at radius 3 is 2.47 bits per heavy atom. The van der Waals surface area contributed by atoms with Crippen molar-refractivity contribution in [3.63, 3.8) is 0 Å². The fraction of sp³-hybridized carbons (Fsp3) is 0. The Bertz CT molecular complexity index is 461. The van der Waals surface area contributed by atoms with E-state index in [-0.39, 0.29) is 0 Å². The molecule has 1 aromatic heterocycles. The first-order chi connectivity index (χ1) is 7.25. The van der Waals surface area contributed by atoms with E-state index >= 15 is 0 Å². The average molecular weight is 377 g/mol.